The molecule has 12 atom stereocenters. The standard InChI is InChI=1S/C44H65NO11/c1-24(46)52-23-30-34(53-25(2)47)35(54-26(3)48)36(55-27(4)49)37(56-30)45-38(51)44-20-18-39(5,6)22-29(44)28-12-13-32-41(9)16-15-33(50)40(7,8)31(41)14-17-43(32,11)42(28,10)19-21-44/h12,29-32,34-37H,13-23H2,1-11H3,(H,45,51)/t29-,30+,31-,32+,34-,35-,36+,37+,41-,42+,43+,44-/m0/s1. The van der Waals surface area contributed by atoms with Crippen LogP contribution in [0.1, 0.15) is 140 Å². The number of allylic oxidation sites excluding steroid dienone is 2. The Morgan fingerprint density at radius 3 is 1.98 bits per heavy atom. The van der Waals surface area contributed by atoms with Crippen molar-refractivity contribution < 1.29 is 52.5 Å². The van der Waals surface area contributed by atoms with Crippen molar-refractivity contribution in [2.45, 2.75) is 171 Å². The summed E-state index contributed by atoms with van der Waals surface area (Å²) in [6, 6.07) is 0. The van der Waals surface area contributed by atoms with Crippen LogP contribution in [0.4, 0.5) is 0 Å². The van der Waals surface area contributed by atoms with Crippen LogP contribution in [-0.4, -0.2) is 72.8 Å². The van der Waals surface area contributed by atoms with Gasteiger partial charge >= 0.3 is 23.9 Å². The van der Waals surface area contributed by atoms with Crippen molar-refractivity contribution in [1.82, 2.24) is 5.32 Å². The molecule has 0 bridgehead atoms. The Morgan fingerprint density at radius 1 is 0.750 bits per heavy atom. The maximum atomic E-state index is 15.2. The third-order valence-corrected chi connectivity index (χ3v) is 16.1. The number of fused-ring (bicyclic) bond motifs is 7. The van der Waals surface area contributed by atoms with E-state index in [1.165, 1.54) is 33.3 Å². The molecule has 0 aromatic rings. The van der Waals surface area contributed by atoms with Crippen LogP contribution in [-0.2, 0) is 52.5 Å². The van der Waals surface area contributed by atoms with Crippen LogP contribution in [0.2, 0.25) is 0 Å². The Balaban J connectivity index is 1.37. The van der Waals surface area contributed by atoms with Gasteiger partial charge in [-0.25, -0.2) is 0 Å². The Kier molecular flexibility index (Phi) is 11.0. The number of rotatable bonds is 7. The van der Waals surface area contributed by atoms with Gasteiger partial charge in [0.2, 0.25) is 5.91 Å². The Labute approximate surface area is 332 Å². The van der Waals surface area contributed by atoms with E-state index in [2.05, 4.69) is 59.9 Å². The number of carbonyl (C=O) groups excluding carboxylic acids is 6. The lowest BCUT2D eigenvalue weighted by Crippen LogP contribution is -2.68. The minimum atomic E-state index is -1.38. The van der Waals surface area contributed by atoms with Gasteiger partial charge in [0, 0.05) is 39.5 Å². The van der Waals surface area contributed by atoms with Crippen molar-refractivity contribution in [2.75, 3.05) is 6.61 Å². The van der Waals surface area contributed by atoms with E-state index in [0.29, 0.717) is 36.9 Å². The zero-order chi connectivity index (χ0) is 41.4. The fraction of sp³-hybridized carbons (Fsp3) is 0.818. The average Bonchev–Trinajstić information content (AvgIpc) is 3.07. The van der Waals surface area contributed by atoms with Crippen LogP contribution < -0.4 is 5.32 Å². The van der Waals surface area contributed by atoms with E-state index in [9.17, 15) is 24.0 Å². The third kappa shape index (κ3) is 6.91. The van der Waals surface area contributed by atoms with Crippen molar-refractivity contribution >= 4 is 35.6 Å². The van der Waals surface area contributed by atoms with Gasteiger partial charge in [-0.05, 0) is 97.2 Å². The number of amides is 1. The molecule has 4 saturated carbocycles. The van der Waals surface area contributed by atoms with Crippen molar-refractivity contribution in [2.24, 2.45) is 50.2 Å². The molecule has 5 aliphatic carbocycles. The Bertz CT molecular complexity index is 1680. The van der Waals surface area contributed by atoms with Crippen LogP contribution in [0.25, 0.3) is 0 Å². The number of Topliss-reactive ketones (excluding diaryl/α,β-unsaturated/α-hetero) is 1. The molecule has 6 rings (SSSR count). The number of ketones is 1. The van der Waals surface area contributed by atoms with Gasteiger partial charge < -0.3 is 29.0 Å². The van der Waals surface area contributed by atoms with E-state index in [1.54, 1.807) is 0 Å². The summed E-state index contributed by atoms with van der Waals surface area (Å²) in [6.07, 6.45) is 4.19. The van der Waals surface area contributed by atoms with Gasteiger partial charge in [-0.2, -0.15) is 0 Å². The number of ether oxygens (including phenoxy) is 5. The van der Waals surface area contributed by atoms with Gasteiger partial charge in [-0.1, -0.05) is 60.1 Å². The smallest absolute Gasteiger partial charge is 0.303 e. The predicted molar refractivity (Wildman–Crippen MR) is 204 cm³/mol. The zero-order valence-corrected chi connectivity index (χ0v) is 35.5. The molecule has 6 aliphatic rings. The summed E-state index contributed by atoms with van der Waals surface area (Å²) in [5, 5.41) is 3.12. The molecule has 1 heterocycles. The number of carbonyl (C=O) groups is 6. The highest BCUT2D eigenvalue weighted by atomic mass is 16.7. The Hall–Kier alpha value is -3.28. The van der Waals surface area contributed by atoms with Crippen LogP contribution in [0, 0.1) is 50.2 Å². The van der Waals surface area contributed by atoms with Gasteiger partial charge in [-0.3, -0.25) is 28.8 Å². The van der Waals surface area contributed by atoms with Crippen molar-refractivity contribution in [3.05, 3.63) is 11.6 Å². The van der Waals surface area contributed by atoms with E-state index < -0.39 is 59.9 Å². The van der Waals surface area contributed by atoms with E-state index in [4.69, 9.17) is 23.7 Å². The van der Waals surface area contributed by atoms with Crippen molar-refractivity contribution in [1.29, 1.82) is 0 Å². The quantitative estimate of drug-likeness (QED) is 0.169. The summed E-state index contributed by atoms with van der Waals surface area (Å²) < 4.78 is 28.6. The van der Waals surface area contributed by atoms with Crippen LogP contribution in [0.15, 0.2) is 11.6 Å². The van der Waals surface area contributed by atoms with Crippen molar-refractivity contribution in [3.63, 3.8) is 0 Å². The van der Waals surface area contributed by atoms with Crippen LogP contribution in [0.3, 0.4) is 0 Å². The summed E-state index contributed by atoms with van der Waals surface area (Å²) in [7, 11) is 0. The number of hydrogen-bond donors (Lipinski definition) is 1. The summed E-state index contributed by atoms with van der Waals surface area (Å²) >= 11 is 0. The first-order valence-corrected chi connectivity index (χ1v) is 20.8. The monoisotopic (exact) mass is 783 g/mol. The molecule has 12 heteroatoms. The maximum Gasteiger partial charge on any atom is 0.303 e. The minimum absolute atomic E-state index is 0.0168. The highest BCUT2D eigenvalue weighted by Gasteiger charge is 2.69. The van der Waals surface area contributed by atoms with E-state index in [0.717, 1.165) is 44.9 Å². The summed E-state index contributed by atoms with van der Waals surface area (Å²) in [6.45, 7) is 20.7. The first-order valence-electron chi connectivity index (χ1n) is 20.8. The van der Waals surface area contributed by atoms with E-state index >= 15 is 4.79 Å². The zero-order valence-electron chi connectivity index (χ0n) is 35.5. The summed E-state index contributed by atoms with van der Waals surface area (Å²) in [4.78, 5) is 77.7. The van der Waals surface area contributed by atoms with Gasteiger partial charge in [0.1, 0.15) is 18.5 Å². The molecule has 1 amide bonds. The largest absolute Gasteiger partial charge is 0.463 e. The first-order chi connectivity index (χ1) is 25.9. The molecule has 0 aromatic carbocycles. The molecule has 12 nitrogen and oxygen atoms in total. The molecule has 1 aliphatic heterocycles. The summed E-state index contributed by atoms with van der Waals surface area (Å²) in [5.41, 5.74) is 0.0409. The highest BCUT2D eigenvalue weighted by molar-refractivity contribution is 5.86. The highest BCUT2D eigenvalue weighted by Crippen LogP contribution is 2.75. The number of nitrogens with one attached hydrogen (secondary N) is 1. The van der Waals surface area contributed by atoms with Crippen molar-refractivity contribution in [3.8, 4) is 0 Å². The second-order valence-corrected chi connectivity index (χ2v) is 20.1. The molecular weight excluding hydrogens is 718 g/mol. The SMILES string of the molecule is CC(=O)OC[C@H]1O[C@@H](NC(=O)[C@]23CCC(C)(C)C[C@H]2C2=CC[C@@H]4[C@@]5(C)CCC(=O)C(C)(C)[C@@H]5CC[C@@]4(C)[C@]2(C)CC3)[C@H](OC(C)=O)[C@@H](OC(C)=O)[C@H]1OC(C)=O. The molecule has 0 unspecified atom stereocenters. The maximum absolute atomic E-state index is 15.2. The molecular formula is C44H65NO11. The second kappa shape index (κ2) is 14.5. The second-order valence-electron chi connectivity index (χ2n) is 20.1. The normalized spacial score (nSPS) is 42.2. The predicted octanol–water partition coefficient (Wildman–Crippen LogP) is 6.56. The molecule has 0 radical (unpaired) electrons. The molecule has 0 aromatic heterocycles. The molecule has 1 N–H and O–H groups in total. The van der Waals surface area contributed by atoms with Crippen LogP contribution in [0.5, 0.6) is 0 Å². The topological polar surface area (TPSA) is 161 Å². The molecule has 5 fully saturated rings. The van der Waals surface area contributed by atoms with Gasteiger partial charge in [0.25, 0.3) is 0 Å². The molecule has 1 saturated heterocycles. The lowest BCUT2D eigenvalue weighted by Gasteiger charge is -2.70. The van der Waals surface area contributed by atoms with Gasteiger partial charge in [0.05, 0.1) is 5.41 Å². The number of hydrogen-bond acceptors (Lipinski definition) is 11. The molecule has 312 valence electrons. The summed E-state index contributed by atoms with van der Waals surface area (Å²) in [5.74, 6) is -1.96. The van der Waals surface area contributed by atoms with E-state index in [1.807, 2.05) is 0 Å². The van der Waals surface area contributed by atoms with Crippen LogP contribution >= 0.6 is 0 Å². The Morgan fingerprint density at radius 2 is 1.36 bits per heavy atom. The first kappa shape index (κ1) is 42.3. The lowest BCUT2D eigenvalue weighted by atomic mass is 9.33. The molecule has 56 heavy (non-hydrogen) atoms. The van der Waals surface area contributed by atoms with E-state index in [-0.39, 0.29) is 45.5 Å². The van der Waals surface area contributed by atoms with Gasteiger partial charge in [0.15, 0.2) is 24.5 Å². The fourth-order valence-electron chi connectivity index (χ4n) is 13.1. The fourth-order valence-corrected chi connectivity index (χ4v) is 13.1. The lowest BCUT2D eigenvalue weighted by molar-refractivity contribution is -0.258. The average molecular weight is 784 g/mol. The minimum Gasteiger partial charge on any atom is -0.463 e. The van der Waals surface area contributed by atoms with Gasteiger partial charge in [-0.15, -0.1) is 0 Å². The molecule has 0 spiro atoms. The number of esters is 4. The third-order valence-electron chi connectivity index (χ3n) is 16.1.